The van der Waals surface area contributed by atoms with Gasteiger partial charge in [-0.15, -0.1) is 5.92 Å². The van der Waals surface area contributed by atoms with Crippen molar-refractivity contribution in [2.24, 2.45) is 5.92 Å². The SMILES string of the molecule is CC#Cc1ccc2c(CCC3CCN(C(=O)O)CC3)noc2c1C. The first-order valence-corrected chi connectivity index (χ1v) is 8.38. The Morgan fingerprint density at radius 1 is 1.42 bits per heavy atom. The van der Waals surface area contributed by atoms with Crippen LogP contribution in [0.25, 0.3) is 11.0 Å². The molecule has 0 atom stereocenters. The number of amides is 1. The normalized spacial score (nSPS) is 15.3. The molecule has 0 bridgehead atoms. The summed E-state index contributed by atoms with van der Waals surface area (Å²) >= 11 is 0. The lowest BCUT2D eigenvalue weighted by molar-refractivity contribution is 0.123. The molecule has 2 heterocycles. The minimum Gasteiger partial charge on any atom is -0.465 e. The Kier molecular flexibility index (Phi) is 4.75. The van der Waals surface area contributed by atoms with E-state index >= 15 is 0 Å². The number of aromatic nitrogens is 1. The molecule has 1 aromatic carbocycles. The molecule has 0 aliphatic carbocycles. The number of hydrogen-bond donors (Lipinski definition) is 1. The summed E-state index contributed by atoms with van der Waals surface area (Å²) < 4.78 is 5.55. The maximum atomic E-state index is 11.0. The van der Waals surface area contributed by atoms with Crippen LogP contribution in [0, 0.1) is 24.7 Å². The number of nitrogens with zero attached hydrogens (tertiary/aromatic N) is 2. The third-order valence-corrected chi connectivity index (χ3v) is 4.90. The van der Waals surface area contributed by atoms with Crippen LogP contribution in [0.3, 0.4) is 0 Å². The summed E-state index contributed by atoms with van der Waals surface area (Å²) in [5.74, 6) is 6.56. The van der Waals surface area contributed by atoms with Crippen LogP contribution in [-0.4, -0.2) is 34.3 Å². The summed E-state index contributed by atoms with van der Waals surface area (Å²) in [5, 5.41) is 14.3. The van der Waals surface area contributed by atoms with Crippen molar-refractivity contribution >= 4 is 17.1 Å². The Labute approximate surface area is 141 Å². The van der Waals surface area contributed by atoms with E-state index in [4.69, 9.17) is 9.63 Å². The Balaban J connectivity index is 1.67. The molecule has 1 fully saturated rings. The van der Waals surface area contributed by atoms with Crippen molar-refractivity contribution in [2.75, 3.05) is 13.1 Å². The number of hydrogen-bond acceptors (Lipinski definition) is 3. The Morgan fingerprint density at radius 3 is 2.83 bits per heavy atom. The quantitative estimate of drug-likeness (QED) is 0.871. The Morgan fingerprint density at radius 2 is 2.17 bits per heavy atom. The van der Waals surface area contributed by atoms with Gasteiger partial charge in [0.05, 0.1) is 5.69 Å². The molecule has 2 aromatic rings. The number of likely N-dealkylation sites (tertiary alicyclic amines) is 1. The van der Waals surface area contributed by atoms with E-state index in [9.17, 15) is 4.79 Å². The zero-order valence-electron chi connectivity index (χ0n) is 14.1. The molecule has 1 saturated heterocycles. The van der Waals surface area contributed by atoms with Crippen molar-refractivity contribution in [3.05, 3.63) is 29.0 Å². The standard InChI is InChI=1S/C19H22N2O3/c1-3-4-15-6-7-16-17(20-24-18(16)13(15)2)8-5-14-9-11-21(12-10-14)19(22)23/h6-7,14H,5,8-12H2,1-2H3,(H,22,23). The van der Waals surface area contributed by atoms with Gasteiger partial charge in [0.2, 0.25) is 0 Å². The molecule has 1 aromatic heterocycles. The van der Waals surface area contributed by atoms with Crippen LogP contribution >= 0.6 is 0 Å². The van der Waals surface area contributed by atoms with Crippen LogP contribution in [0.15, 0.2) is 16.7 Å². The van der Waals surface area contributed by atoms with Gasteiger partial charge in [-0.25, -0.2) is 4.79 Å². The Hall–Kier alpha value is -2.48. The van der Waals surface area contributed by atoms with Gasteiger partial charge < -0.3 is 14.5 Å². The Bertz CT molecular complexity index is 805. The molecule has 1 aliphatic heterocycles. The average Bonchev–Trinajstić information content (AvgIpc) is 3.00. The van der Waals surface area contributed by atoms with Gasteiger partial charge in [0.1, 0.15) is 0 Å². The molecule has 126 valence electrons. The molecule has 0 unspecified atom stereocenters. The largest absolute Gasteiger partial charge is 0.465 e. The van der Waals surface area contributed by atoms with E-state index in [0.717, 1.165) is 53.5 Å². The van der Waals surface area contributed by atoms with E-state index in [0.29, 0.717) is 19.0 Å². The number of aryl methyl sites for hydroxylation is 2. The summed E-state index contributed by atoms with van der Waals surface area (Å²) in [6, 6.07) is 4.07. The second-order valence-electron chi connectivity index (χ2n) is 6.37. The zero-order valence-corrected chi connectivity index (χ0v) is 14.1. The second-order valence-corrected chi connectivity index (χ2v) is 6.37. The van der Waals surface area contributed by atoms with Crippen molar-refractivity contribution in [3.63, 3.8) is 0 Å². The van der Waals surface area contributed by atoms with Gasteiger partial charge in [0.25, 0.3) is 0 Å². The summed E-state index contributed by atoms with van der Waals surface area (Å²) in [4.78, 5) is 12.5. The molecule has 24 heavy (non-hydrogen) atoms. The van der Waals surface area contributed by atoms with E-state index in [-0.39, 0.29) is 0 Å². The smallest absolute Gasteiger partial charge is 0.407 e. The number of fused-ring (bicyclic) bond motifs is 1. The molecule has 0 spiro atoms. The first-order valence-electron chi connectivity index (χ1n) is 8.38. The lowest BCUT2D eigenvalue weighted by atomic mass is 9.91. The molecular weight excluding hydrogens is 304 g/mol. The number of benzene rings is 1. The third kappa shape index (κ3) is 3.23. The lowest BCUT2D eigenvalue weighted by Gasteiger charge is -2.29. The van der Waals surface area contributed by atoms with Crippen LogP contribution in [0.4, 0.5) is 4.79 Å². The molecule has 5 nitrogen and oxygen atoms in total. The highest BCUT2D eigenvalue weighted by atomic mass is 16.5. The van der Waals surface area contributed by atoms with Crippen LogP contribution in [0.5, 0.6) is 0 Å². The van der Waals surface area contributed by atoms with Gasteiger partial charge in [-0.05, 0) is 57.6 Å². The van der Waals surface area contributed by atoms with Gasteiger partial charge in [-0.1, -0.05) is 11.1 Å². The molecule has 0 saturated carbocycles. The lowest BCUT2D eigenvalue weighted by Crippen LogP contribution is -2.37. The molecule has 1 amide bonds. The highest BCUT2D eigenvalue weighted by molar-refractivity contribution is 5.84. The molecule has 1 aliphatic rings. The van der Waals surface area contributed by atoms with Crippen LogP contribution in [-0.2, 0) is 6.42 Å². The average molecular weight is 326 g/mol. The fourth-order valence-electron chi connectivity index (χ4n) is 3.39. The summed E-state index contributed by atoms with van der Waals surface area (Å²) in [6.45, 7) is 5.11. The van der Waals surface area contributed by atoms with E-state index in [2.05, 4.69) is 17.0 Å². The third-order valence-electron chi connectivity index (χ3n) is 4.90. The van der Waals surface area contributed by atoms with Crippen LogP contribution in [0.2, 0.25) is 0 Å². The summed E-state index contributed by atoms with van der Waals surface area (Å²) in [5.41, 5.74) is 3.83. The predicted molar refractivity (Wildman–Crippen MR) is 91.9 cm³/mol. The molecule has 3 rings (SSSR count). The fourth-order valence-corrected chi connectivity index (χ4v) is 3.39. The molecule has 0 radical (unpaired) electrons. The van der Waals surface area contributed by atoms with Gasteiger partial charge >= 0.3 is 6.09 Å². The minimum absolute atomic E-state index is 0.554. The number of rotatable bonds is 3. The van der Waals surface area contributed by atoms with Crippen molar-refractivity contribution in [1.82, 2.24) is 10.1 Å². The molecule has 1 N–H and O–H groups in total. The van der Waals surface area contributed by atoms with Gasteiger partial charge in [0, 0.05) is 29.6 Å². The highest BCUT2D eigenvalue weighted by Crippen LogP contribution is 2.28. The van der Waals surface area contributed by atoms with Crippen LogP contribution < -0.4 is 0 Å². The van der Waals surface area contributed by atoms with E-state index in [1.165, 1.54) is 4.90 Å². The second kappa shape index (κ2) is 6.96. The van der Waals surface area contributed by atoms with Crippen molar-refractivity contribution in [3.8, 4) is 11.8 Å². The van der Waals surface area contributed by atoms with Gasteiger partial charge in [-0.3, -0.25) is 0 Å². The van der Waals surface area contributed by atoms with Crippen molar-refractivity contribution < 1.29 is 14.4 Å². The maximum absolute atomic E-state index is 11.0. The zero-order chi connectivity index (χ0) is 17.1. The van der Waals surface area contributed by atoms with Crippen LogP contribution in [0.1, 0.15) is 43.0 Å². The van der Waals surface area contributed by atoms with E-state index in [1.54, 1.807) is 0 Å². The minimum atomic E-state index is -0.808. The summed E-state index contributed by atoms with van der Waals surface area (Å²) in [6.07, 6.45) is 2.93. The number of carbonyl (C=O) groups is 1. The first kappa shape index (κ1) is 16.4. The van der Waals surface area contributed by atoms with Gasteiger partial charge in [-0.2, -0.15) is 0 Å². The number of piperidine rings is 1. The highest BCUT2D eigenvalue weighted by Gasteiger charge is 2.22. The number of carboxylic acid groups (broad SMARTS) is 1. The monoisotopic (exact) mass is 326 g/mol. The van der Waals surface area contributed by atoms with Crippen molar-refractivity contribution in [1.29, 1.82) is 0 Å². The van der Waals surface area contributed by atoms with E-state index < -0.39 is 6.09 Å². The molecule has 5 heteroatoms. The summed E-state index contributed by atoms with van der Waals surface area (Å²) in [7, 11) is 0. The van der Waals surface area contributed by atoms with Crippen molar-refractivity contribution in [2.45, 2.75) is 39.5 Å². The fraction of sp³-hybridized carbons (Fsp3) is 0.474. The van der Waals surface area contributed by atoms with E-state index in [1.807, 2.05) is 26.0 Å². The first-order chi connectivity index (χ1) is 11.6. The topological polar surface area (TPSA) is 66.6 Å². The van der Waals surface area contributed by atoms with Gasteiger partial charge in [0.15, 0.2) is 5.58 Å². The maximum Gasteiger partial charge on any atom is 0.407 e. The predicted octanol–water partition coefficient (Wildman–Crippen LogP) is 3.83. The molecular formula is C19H22N2O3.